The molecule has 3 aromatic rings. The molecule has 104 valence electrons. The number of fused-ring (bicyclic) bond motifs is 1. The van der Waals surface area contributed by atoms with Crippen LogP contribution in [0.1, 0.15) is 11.1 Å². The number of rotatable bonds is 2. The number of phenols is 2. The number of aromatic nitrogens is 1. The van der Waals surface area contributed by atoms with Crippen LogP contribution in [0.15, 0.2) is 54.7 Å². The quantitative estimate of drug-likeness (QED) is 0.707. The molecule has 0 saturated carbocycles. The number of phenolic OH excluding ortho intramolecular Hbond substituents is 2. The minimum absolute atomic E-state index is 0.262. The first-order valence-corrected chi connectivity index (χ1v) is 6.72. The second-order valence-corrected chi connectivity index (χ2v) is 5.01. The summed E-state index contributed by atoms with van der Waals surface area (Å²) in [6.45, 7) is 0. The van der Waals surface area contributed by atoms with Crippen LogP contribution in [-0.2, 0) is 7.05 Å². The van der Waals surface area contributed by atoms with E-state index >= 15 is 0 Å². The number of aryl methyl sites for hydroxylation is 1. The van der Waals surface area contributed by atoms with Crippen molar-refractivity contribution in [3.05, 3.63) is 65.9 Å². The molecular formula is C18H16NO2+. The Morgan fingerprint density at radius 1 is 0.857 bits per heavy atom. The van der Waals surface area contributed by atoms with Crippen LogP contribution in [-0.4, -0.2) is 10.2 Å². The second kappa shape index (κ2) is 5.29. The van der Waals surface area contributed by atoms with Gasteiger partial charge in [-0.25, -0.2) is 4.57 Å². The Hall–Kier alpha value is -2.81. The van der Waals surface area contributed by atoms with E-state index in [9.17, 15) is 10.2 Å². The predicted molar refractivity (Wildman–Crippen MR) is 83.8 cm³/mol. The lowest BCUT2D eigenvalue weighted by molar-refractivity contribution is -0.644. The van der Waals surface area contributed by atoms with Crippen molar-refractivity contribution in [3.8, 4) is 11.5 Å². The summed E-state index contributed by atoms with van der Waals surface area (Å²) in [6, 6.07) is 14.5. The molecule has 0 radical (unpaired) electrons. The number of pyridine rings is 1. The fourth-order valence-corrected chi connectivity index (χ4v) is 2.33. The summed E-state index contributed by atoms with van der Waals surface area (Å²) >= 11 is 0. The second-order valence-electron chi connectivity index (χ2n) is 5.01. The maximum Gasteiger partial charge on any atom is 0.216 e. The average molecular weight is 278 g/mol. The summed E-state index contributed by atoms with van der Waals surface area (Å²) in [7, 11) is 1.95. The van der Waals surface area contributed by atoms with Crippen LogP contribution in [0.3, 0.4) is 0 Å². The fraction of sp³-hybridized carbons (Fsp3) is 0.0556. The molecule has 0 aliphatic heterocycles. The molecule has 0 bridgehead atoms. The number of benzene rings is 2. The molecule has 0 spiro atoms. The average Bonchev–Trinajstić information content (AvgIpc) is 2.49. The fourth-order valence-electron chi connectivity index (χ4n) is 2.33. The number of hydrogen-bond acceptors (Lipinski definition) is 2. The van der Waals surface area contributed by atoms with Crippen LogP contribution < -0.4 is 4.57 Å². The molecule has 0 saturated heterocycles. The van der Waals surface area contributed by atoms with E-state index < -0.39 is 0 Å². The van der Waals surface area contributed by atoms with Crippen molar-refractivity contribution in [3.63, 3.8) is 0 Å². The number of nitrogens with zero attached hydrogens (tertiary/aromatic N) is 1. The van der Waals surface area contributed by atoms with Crippen LogP contribution in [0.5, 0.6) is 11.5 Å². The summed E-state index contributed by atoms with van der Waals surface area (Å²) in [6.07, 6.45) is 6.01. The van der Waals surface area contributed by atoms with Crippen molar-refractivity contribution in [1.29, 1.82) is 0 Å². The summed E-state index contributed by atoms with van der Waals surface area (Å²) in [5.41, 5.74) is 3.08. The molecule has 0 atom stereocenters. The van der Waals surface area contributed by atoms with Crippen LogP contribution in [0.2, 0.25) is 0 Å². The molecule has 2 N–H and O–H groups in total. The van der Waals surface area contributed by atoms with Crippen molar-refractivity contribution in [2.24, 2.45) is 7.05 Å². The van der Waals surface area contributed by atoms with E-state index in [1.165, 1.54) is 0 Å². The first-order valence-electron chi connectivity index (χ1n) is 6.72. The van der Waals surface area contributed by atoms with Crippen LogP contribution >= 0.6 is 0 Å². The predicted octanol–water partition coefficient (Wildman–Crippen LogP) is 3.25. The molecule has 3 nitrogen and oxygen atoms in total. The maximum atomic E-state index is 9.62. The first kappa shape index (κ1) is 13.2. The lowest BCUT2D eigenvalue weighted by Gasteiger charge is -2.02. The topological polar surface area (TPSA) is 44.3 Å². The molecule has 1 heterocycles. The van der Waals surface area contributed by atoms with E-state index in [2.05, 4.69) is 0 Å². The third-order valence-corrected chi connectivity index (χ3v) is 3.50. The smallest absolute Gasteiger partial charge is 0.216 e. The monoisotopic (exact) mass is 278 g/mol. The number of aromatic hydroxyl groups is 2. The third-order valence-electron chi connectivity index (χ3n) is 3.50. The normalized spacial score (nSPS) is 11.3. The zero-order valence-corrected chi connectivity index (χ0v) is 11.7. The van der Waals surface area contributed by atoms with Gasteiger partial charge >= 0.3 is 0 Å². The van der Waals surface area contributed by atoms with Gasteiger partial charge in [0, 0.05) is 6.07 Å². The van der Waals surface area contributed by atoms with Gasteiger partial charge in [-0.3, -0.25) is 0 Å². The van der Waals surface area contributed by atoms with Gasteiger partial charge in [0.1, 0.15) is 18.5 Å². The van der Waals surface area contributed by atoms with Crippen LogP contribution in [0.4, 0.5) is 0 Å². The largest absolute Gasteiger partial charge is 0.508 e. The molecule has 0 unspecified atom stereocenters. The zero-order valence-electron chi connectivity index (χ0n) is 11.7. The Kier molecular flexibility index (Phi) is 3.32. The summed E-state index contributed by atoms with van der Waals surface area (Å²) in [4.78, 5) is 0. The molecule has 0 amide bonds. The van der Waals surface area contributed by atoms with Crippen molar-refractivity contribution in [2.75, 3.05) is 0 Å². The van der Waals surface area contributed by atoms with Crippen molar-refractivity contribution in [2.45, 2.75) is 0 Å². The first-order chi connectivity index (χ1) is 10.1. The van der Waals surface area contributed by atoms with Crippen molar-refractivity contribution in [1.82, 2.24) is 0 Å². The highest BCUT2D eigenvalue weighted by Gasteiger charge is 2.08. The van der Waals surface area contributed by atoms with Gasteiger partial charge in [-0.2, -0.15) is 0 Å². The Balaban J connectivity index is 2.05. The minimum atomic E-state index is 0.262. The van der Waals surface area contributed by atoms with E-state index in [1.807, 2.05) is 54.2 Å². The highest BCUT2D eigenvalue weighted by molar-refractivity contribution is 5.89. The van der Waals surface area contributed by atoms with E-state index in [1.54, 1.807) is 24.3 Å². The van der Waals surface area contributed by atoms with E-state index in [0.717, 1.165) is 22.0 Å². The summed E-state index contributed by atoms with van der Waals surface area (Å²) < 4.78 is 1.98. The van der Waals surface area contributed by atoms with Gasteiger partial charge in [-0.1, -0.05) is 24.3 Å². The molecule has 2 aromatic carbocycles. The SMILES string of the molecule is C[n+]1ccc(C=Cc2ccc(O)cc2)c2ccc(O)cc21. The van der Waals surface area contributed by atoms with Crippen LogP contribution in [0, 0.1) is 0 Å². The Labute approximate surface area is 123 Å². The number of hydrogen-bond donors (Lipinski definition) is 2. The highest BCUT2D eigenvalue weighted by Crippen LogP contribution is 2.22. The maximum absolute atomic E-state index is 9.62. The lowest BCUT2D eigenvalue weighted by Crippen LogP contribution is -2.28. The standard InChI is InChI=1S/C18H15NO2/c1-19-11-10-14(17-9-8-16(21)12-18(17)19)5-2-13-3-6-15(20)7-4-13/h2-12H,1H3,(H,20,21)/p+1. The Morgan fingerprint density at radius 2 is 1.57 bits per heavy atom. The van der Waals surface area contributed by atoms with E-state index in [-0.39, 0.29) is 11.5 Å². The van der Waals surface area contributed by atoms with E-state index in [0.29, 0.717) is 0 Å². The minimum Gasteiger partial charge on any atom is -0.508 e. The van der Waals surface area contributed by atoms with Crippen molar-refractivity contribution < 1.29 is 14.8 Å². The van der Waals surface area contributed by atoms with Gasteiger partial charge in [0.25, 0.3) is 0 Å². The van der Waals surface area contributed by atoms with E-state index in [4.69, 9.17) is 0 Å². The van der Waals surface area contributed by atoms with Gasteiger partial charge in [0.15, 0.2) is 6.20 Å². The van der Waals surface area contributed by atoms with Gasteiger partial charge in [-0.05, 0) is 35.4 Å². The van der Waals surface area contributed by atoms with Gasteiger partial charge in [-0.15, -0.1) is 0 Å². The van der Waals surface area contributed by atoms with Gasteiger partial charge in [0.05, 0.1) is 11.5 Å². The molecule has 0 aliphatic rings. The molecule has 3 heteroatoms. The zero-order chi connectivity index (χ0) is 14.8. The Morgan fingerprint density at radius 3 is 2.33 bits per heavy atom. The molecule has 0 fully saturated rings. The summed E-state index contributed by atoms with van der Waals surface area (Å²) in [5, 5.41) is 20.0. The van der Waals surface area contributed by atoms with Crippen molar-refractivity contribution >= 4 is 23.1 Å². The highest BCUT2D eigenvalue weighted by atomic mass is 16.3. The molecule has 21 heavy (non-hydrogen) atoms. The Bertz CT molecular complexity index is 820. The lowest BCUT2D eigenvalue weighted by atomic mass is 10.1. The summed E-state index contributed by atoms with van der Waals surface area (Å²) in [5.74, 6) is 0.526. The molecule has 3 rings (SSSR count). The third kappa shape index (κ3) is 2.72. The van der Waals surface area contributed by atoms with Gasteiger partial charge in [0.2, 0.25) is 5.52 Å². The molecule has 0 aliphatic carbocycles. The molecular weight excluding hydrogens is 262 g/mol. The molecule has 1 aromatic heterocycles. The van der Waals surface area contributed by atoms with Crippen LogP contribution in [0.25, 0.3) is 23.1 Å². The van der Waals surface area contributed by atoms with Gasteiger partial charge < -0.3 is 10.2 Å².